The normalized spacial score (nSPS) is 13.9. The second-order valence-electron chi connectivity index (χ2n) is 9.67. The Kier molecular flexibility index (Phi) is 9.00. The maximum Gasteiger partial charge on any atom is 0.321 e. The number of amides is 2. The maximum atomic E-state index is 12.6. The van der Waals surface area contributed by atoms with E-state index in [1.807, 2.05) is 71.1 Å². The third-order valence-corrected chi connectivity index (χ3v) is 7.08. The number of rotatable bonds is 10. The van der Waals surface area contributed by atoms with Crippen LogP contribution in [0.4, 0.5) is 22.0 Å². The Hall–Kier alpha value is -3.86. The maximum absolute atomic E-state index is 12.6. The molecule has 40 heavy (non-hydrogen) atoms. The monoisotopic (exact) mass is 564 g/mol. The van der Waals surface area contributed by atoms with Crippen molar-refractivity contribution in [3.05, 3.63) is 71.6 Å². The number of nitrogens with one attached hydrogen (secondary N) is 2. The summed E-state index contributed by atoms with van der Waals surface area (Å²) in [6.45, 7) is 4.59. The Balaban J connectivity index is 1.17. The molecule has 0 atom stereocenters. The number of hydrogen-bond donors (Lipinski definition) is 3. The summed E-state index contributed by atoms with van der Waals surface area (Å²) < 4.78 is 13.6. The van der Waals surface area contributed by atoms with Gasteiger partial charge in [-0.05, 0) is 43.3 Å². The fraction of sp³-hybridized carbons (Fsp3) is 0.345. The molecule has 11 heteroatoms. The van der Waals surface area contributed by atoms with E-state index in [9.17, 15) is 4.79 Å². The van der Waals surface area contributed by atoms with Crippen LogP contribution in [0.15, 0.2) is 61.1 Å². The lowest BCUT2D eigenvalue weighted by Crippen LogP contribution is -2.43. The summed E-state index contributed by atoms with van der Waals surface area (Å²) in [6.07, 6.45) is 4.86. The molecule has 2 aromatic heterocycles. The first kappa shape index (κ1) is 27.7. The number of piperidine rings is 1. The van der Waals surface area contributed by atoms with Crippen LogP contribution in [-0.4, -0.2) is 69.6 Å². The highest BCUT2D eigenvalue weighted by Crippen LogP contribution is 2.32. The van der Waals surface area contributed by atoms with Gasteiger partial charge >= 0.3 is 6.03 Å². The molecule has 0 spiro atoms. The van der Waals surface area contributed by atoms with Crippen molar-refractivity contribution in [3.63, 3.8) is 0 Å². The summed E-state index contributed by atoms with van der Waals surface area (Å²) >= 11 is 6.61. The number of halogens is 1. The standard InChI is InChI=1S/C29H33ClN6O4/c1-20-2-4-21(5-3-20)34-29(38)36-11-8-23(9-12-36)40-26-7-6-22(18-24(26)30)33-28-27-25(31-19-32-28)10-13-35(27)14-16-39-17-15-37/h2-7,10,13,18-19,23,37H,8-9,11-12,14-17H2,1H3,(H,34,38)(H,31,32,33). The van der Waals surface area contributed by atoms with Gasteiger partial charge in [-0.25, -0.2) is 14.8 Å². The van der Waals surface area contributed by atoms with E-state index in [-0.39, 0.29) is 18.7 Å². The van der Waals surface area contributed by atoms with Crippen molar-refractivity contribution in [1.82, 2.24) is 19.4 Å². The summed E-state index contributed by atoms with van der Waals surface area (Å²) in [5.41, 5.74) is 4.37. The first-order chi connectivity index (χ1) is 19.5. The number of hydrogen-bond acceptors (Lipinski definition) is 7. The van der Waals surface area contributed by atoms with Gasteiger partial charge in [-0.1, -0.05) is 29.3 Å². The smallest absolute Gasteiger partial charge is 0.321 e. The highest BCUT2D eigenvalue weighted by atomic mass is 35.5. The molecule has 210 valence electrons. The Bertz CT molecular complexity index is 1440. The molecule has 1 fully saturated rings. The lowest BCUT2D eigenvalue weighted by molar-refractivity contribution is 0.0875. The van der Waals surface area contributed by atoms with Crippen molar-refractivity contribution >= 4 is 45.9 Å². The van der Waals surface area contributed by atoms with Gasteiger partial charge < -0.3 is 34.7 Å². The molecule has 4 aromatic rings. The lowest BCUT2D eigenvalue weighted by atomic mass is 10.1. The van der Waals surface area contributed by atoms with Crippen LogP contribution in [0.25, 0.3) is 11.0 Å². The molecule has 1 aliphatic heterocycles. The molecular weight excluding hydrogens is 532 g/mol. The van der Waals surface area contributed by atoms with Crippen LogP contribution in [0.3, 0.4) is 0 Å². The topological polar surface area (TPSA) is 114 Å². The van der Waals surface area contributed by atoms with Gasteiger partial charge in [0.2, 0.25) is 0 Å². The van der Waals surface area contributed by atoms with Crippen molar-refractivity contribution in [3.8, 4) is 5.75 Å². The van der Waals surface area contributed by atoms with E-state index in [2.05, 4.69) is 20.6 Å². The fourth-order valence-electron chi connectivity index (χ4n) is 4.65. The molecule has 1 aliphatic rings. The molecule has 0 saturated carbocycles. The second-order valence-corrected chi connectivity index (χ2v) is 10.1. The third-order valence-electron chi connectivity index (χ3n) is 6.78. The SMILES string of the molecule is Cc1ccc(NC(=O)N2CCC(Oc3ccc(Nc4ncnc5ccn(CCOCCO)c45)cc3Cl)CC2)cc1. The lowest BCUT2D eigenvalue weighted by Gasteiger charge is -2.32. The molecule has 0 radical (unpaired) electrons. The van der Waals surface area contributed by atoms with Gasteiger partial charge in [0.25, 0.3) is 0 Å². The number of aryl methyl sites for hydroxylation is 1. The van der Waals surface area contributed by atoms with Crippen molar-refractivity contribution in [2.24, 2.45) is 0 Å². The van der Waals surface area contributed by atoms with Crippen molar-refractivity contribution < 1.29 is 19.4 Å². The van der Waals surface area contributed by atoms with Gasteiger partial charge in [0, 0.05) is 50.0 Å². The number of nitrogens with zero attached hydrogens (tertiary/aromatic N) is 4. The largest absolute Gasteiger partial charge is 0.489 e. The van der Waals surface area contributed by atoms with Crippen LogP contribution in [-0.2, 0) is 11.3 Å². The van der Waals surface area contributed by atoms with Crippen LogP contribution in [0.5, 0.6) is 5.75 Å². The zero-order valence-electron chi connectivity index (χ0n) is 22.3. The van der Waals surface area contributed by atoms with E-state index in [4.69, 9.17) is 26.2 Å². The molecule has 0 aliphatic carbocycles. The van der Waals surface area contributed by atoms with Gasteiger partial charge in [-0.3, -0.25) is 0 Å². The molecular formula is C29H33ClN6O4. The third kappa shape index (κ3) is 6.82. The number of ether oxygens (including phenoxy) is 2. The zero-order valence-corrected chi connectivity index (χ0v) is 23.1. The number of urea groups is 1. The van der Waals surface area contributed by atoms with Crippen LogP contribution in [0.1, 0.15) is 18.4 Å². The number of carbonyl (C=O) groups excluding carboxylic acids is 1. The van der Waals surface area contributed by atoms with Gasteiger partial charge in [0.05, 0.1) is 30.4 Å². The quantitative estimate of drug-likeness (QED) is 0.226. The fourth-order valence-corrected chi connectivity index (χ4v) is 4.87. The van der Waals surface area contributed by atoms with E-state index >= 15 is 0 Å². The van der Waals surface area contributed by atoms with E-state index in [0.717, 1.165) is 40.8 Å². The van der Waals surface area contributed by atoms with E-state index in [1.165, 1.54) is 6.33 Å². The highest BCUT2D eigenvalue weighted by Gasteiger charge is 2.24. The van der Waals surface area contributed by atoms with E-state index in [1.54, 1.807) is 0 Å². The Morgan fingerprint density at radius 3 is 2.60 bits per heavy atom. The van der Waals surface area contributed by atoms with Crippen LogP contribution in [0, 0.1) is 6.92 Å². The molecule has 3 N–H and O–H groups in total. The van der Waals surface area contributed by atoms with Gasteiger partial charge in [-0.2, -0.15) is 0 Å². The number of aromatic nitrogens is 3. The van der Waals surface area contributed by atoms with Crippen LogP contribution >= 0.6 is 11.6 Å². The first-order valence-corrected chi connectivity index (χ1v) is 13.7. The number of aliphatic hydroxyl groups excluding tert-OH is 1. The summed E-state index contributed by atoms with van der Waals surface area (Å²) in [5, 5.41) is 15.7. The number of carbonyl (C=O) groups is 1. The number of anilines is 3. The molecule has 3 heterocycles. The summed E-state index contributed by atoms with van der Waals surface area (Å²) in [6, 6.07) is 15.2. The van der Waals surface area contributed by atoms with E-state index in [0.29, 0.717) is 49.4 Å². The van der Waals surface area contributed by atoms with Crippen molar-refractivity contribution in [2.45, 2.75) is 32.4 Å². The van der Waals surface area contributed by atoms with Crippen molar-refractivity contribution in [1.29, 1.82) is 0 Å². The van der Waals surface area contributed by atoms with Gasteiger partial charge in [0.1, 0.15) is 23.7 Å². The molecule has 1 saturated heterocycles. The molecule has 10 nitrogen and oxygen atoms in total. The molecule has 5 rings (SSSR count). The molecule has 2 aromatic carbocycles. The molecule has 0 unspecified atom stereocenters. The Morgan fingerprint density at radius 2 is 1.85 bits per heavy atom. The van der Waals surface area contributed by atoms with Gasteiger partial charge in [0.15, 0.2) is 5.82 Å². The second kappa shape index (κ2) is 13.0. The minimum Gasteiger partial charge on any atom is -0.489 e. The number of fused-ring (bicyclic) bond motifs is 1. The zero-order chi connectivity index (χ0) is 27.9. The minimum atomic E-state index is -0.0987. The van der Waals surface area contributed by atoms with Crippen molar-refractivity contribution in [2.75, 3.05) is 43.5 Å². The summed E-state index contributed by atoms with van der Waals surface area (Å²) in [5.74, 6) is 1.25. The number of likely N-dealkylation sites (tertiary alicyclic amines) is 1. The number of benzene rings is 2. The molecule has 2 amide bonds. The highest BCUT2D eigenvalue weighted by molar-refractivity contribution is 6.32. The Labute approximate surface area is 237 Å². The van der Waals surface area contributed by atoms with Crippen LogP contribution < -0.4 is 15.4 Å². The number of aliphatic hydroxyl groups is 1. The Morgan fingerprint density at radius 1 is 1.07 bits per heavy atom. The minimum absolute atomic E-state index is 0.00626. The average molecular weight is 565 g/mol. The predicted molar refractivity (Wildman–Crippen MR) is 156 cm³/mol. The predicted octanol–water partition coefficient (Wildman–Crippen LogP) is 5.22. The van der Waals surface area contributed by atoms with Gasteiger partial charge in [-0.15, -0.1) is 0 Å². The average Bonchev–Trinajstić information content (AvgIpc) is 3.38. The summed E-state index contributed by atoms with van der Waals surface area (Å²) in [7, 11) is 0. The van der Waals surface area contributed by atoms with E-state index < -0.39 is 0 Å². The summed E-state index contributed by atoms with van der Waals surface area (Å²) in [4.78, 5) is 23.3. The first-order valence-electron chi connectivity index (χ1n) is 13.3. The molecule has 0 bridgehead atoms. The van der Waals surface area contributed by atoms with Crippen LogP contribution in [0.2, 0.25) is 5.02 Å².